The largest absolute Gasteiger partial charge is 0.426 e. The summed E-state index contributed by atoms with van der Waals surface area (Å²) in [5, 5.41) is 0.917. The fourth-order valence-electron chi connectivity index (χ4n) is 5.75. The first kappa shape index (κ1) is 20.5. The Balaban J connectivity index is 1.34. The molecule has 0 amide bonds. The summed E-state index contributed by atoms with van der Waals surface area (Å²) < 4.78 is 11.5. The second kappa shape index (κ2) is 8.27. The van der Waals surface area contributed by atoms with Crippen LogP contribution in [0.5, 0.6) is 5.75 Å². The molecule has 2 aliphatic carbocycles. The summed E-state index contributed by atoms with van der Waals surface area (Å²) in [6, 6.07) is 6.99. The molecule has 1 aliphatic heterocycles. The molecule has 2 unspecified atom stereocenters. The highest BCUT2D eigenvalue weighted by Crippen LogP contribution is 2.64. The van der Waals surface area contributed by atoms with Gasteiger partial charge in [0.1, 0.15) is 11.3 Å². The van der Waals surface area contributed by atoms with Crippen LogP contribution in [0.15, 0.2) is 33.5 Å². The van der Waals surface area contributed by atoms with E-state index in [1.807, 2.05) is 12.1 Å². The maximum absolute atomic E-state index is 13.0. The Kier molecular flexibility index (Phi) is 5.65. The fourth-order valence-corrected chi connectivity index (χ4v) is 9.69. The first-order chi connectivity index (χ1) is 14.6. The van der Waals surface area contributed by atoms with Crippen molar-refractivity contribution in [3.8, 4) is 5.75 Å². The molecule has 3 fully saturated rings. The van der Waals surface area contributed by atoms with E-state index in [2.05, 4.69) is 30.4 Å². The molecule has 1 aromatic carbocycles. The van der Waals surface area contributed by atoms with E-state index in [0.717, 1.165) is 36.6 Å². The third-order valence-electron chi connectivity index (χ3n) is 6.99. The molecule has 3 aliphatic rings. The fraction of sp³-hybridized carbons (Fsp3) is 0.583. The lowest BCUT2D eigenvalue weighted by Gasteiger charge is -2.51. The Labute approximate surface area is 185 Å². The van der Waals surface area contributed by atoms with Gasteiger partial charge in [-0.1, -0.05) is 19.8 Å². The van der Waals surface area contributed by atoms with E-state index < -0.39 is 0 Å². The molecule has 1 aromatic heterocycles. The average Bonchev–Trinajstić information content (AvgIpc) is 3.17. The summed E-state index contributed by atoms with van der Waals surface area (Å²) in [4.78, 5) is 25.0. The minimum Gasteiger partial charge on any atom is -0.426 e. The summed E-state index contributed by atoms with van der Waals surface area (Å²) in [5.41, 5.74) is 1.12. The van der Waals surface area contributed by atoms with Crippen molar-refractivity contribution < 1.29 is 13.9 Å². The normalized spacial score (nSPS) is 27.4. The first-order valence-corrected chi connectivity index (χ1v) is 13.1. The molecule has 5 rings (SSSR count). The Bertz CT molecular complexity index is 992. The van der Waals surface area contributed by atoms with Crippen LogP contribution in [0.2, 0.25) is 0 Å². The van der Waals surface area contributed by atoms with Crippen molar-refractivity contribution in [3.63, 3.8) is 0 Å². The van der Waals surface area contributed by atoms with E-state index in [9.17, 15) is 9.59 Å². The lowest BCUT2D eigenvalue weighted by atomic mass is 9.67. The maximum Gasteiger partial charge on any atom is 0.336 e. The summed E-state index contributed by atoms with van der Waals surface area (Å²) in [6.07, 6.45) is 7.44. The summed E-state index contributed by atoms with van der Waals surface area (Å²) in [6.45, 7) is 2.09. The van der Waals surface area contributed by atoms with Gasteiger partial charge >= 0.3 is 11.6 Å². The highest BCUT2D eigenvalue weighted by molar-refractivity contribution is 8.21. The molecule has 4 nitrogen and oxygen atoms in total. The molecule has 30 heavy (non-hydrogen) atoms. The Morgan fingerprint density at radius 2 is 1.90 bits per heavy atom. The third kappa shape index (κ3) is 3.60. The number of thioether (sulfide) groups is 2. The number of hydrogen-bond donors (Lipinski definition) is 0. The predicted octanol–water partition coefficient (Wildman–Crippen LogP) is 5.65. The van der Waals surface area contributed by atoms with Crippen LogP contribution in [0.4, 0.5) is 0 Å². The van der Waals surface area contributed by atoms with Gasteiger partial charge in [-0.3, -0.25) is 4.79 Å². The Hall–Kier alpha value is -1.40. The molecule has 2 heterocycles. The monoisotopic (exact) mass is 444 g/mol. The highest BCUT2D eigenvalue weighted by atomic mass is 32.2. The summed E-state index contributed by atoms with van der Waals surface area (Å²) in [5.74, 6) is 4.05. The van der Waals surface area contributed by atoms with Gasteiger partial charge in [-0.05, 0) is 61.6 Å². The molecular weight excluding hydrogens is 416 g/mol. The smallest absolute Gasteiger partial charge is 0.336 e. The molecule has 2 bridgehead atoms. The molecular formula is C24H28O4S2. The van der Waals surface area contributed by atoms with Crippen molar-refractivity contribution in [2.45, 2.75) is 55.9 Å². The SMILES string of the molecule is CCCc1cc(=O)oc2cc(OC(=O)C3CC4CCCC(C3)C43SCCS3)ccc12. The molecule has 0 N–H and O–H groups in total. The van der Waals surface area contributed by atoms with Crippen LogP contribution in [0, 0.1) is 17.8 Å². The van der Waals surface area contributed by atoms with Crippen LogP contribution < -0.4 is 10.4 Å². The van der Waals surface area contributed by atoms with Crippen LogP contribution in [0.25, 0.3) is 11.0 Å². The zero-order valence-electron chi connectivity index (χ0n) is 17.4. The van der Waals surface area contributed by atoms with Crippen LogP contribution >= 0.6 is 23.5 Å². The minimum atomic E-state index is -0.355. The standard InChI is InChI=1S/C24H28O4S2/c1-2-4-15-13-22(25)28-21-14-19(7-8-20(15)21)27-23(26)16-11-17-5-3-6-18(12-16)24(17)29-9-10-30-24/h7-8,13-14,16-18H,2-6,9-12H2,1H3. The number of ether oxygens (including phenoxy) is 1. The van der Waals surface area contributed by atoms with Gasteiger partial charge in [0, 0.05) is 29.0 Å². The molecule has 1 saturated heterocycles. The van der Waals surface area contributed by atoms with Crippen LogP contribution in [-0.4, -0.2) is 21.6 Å². The average molecular weight is 445 g/mol. The zero-order chi connectivity index (χ0) is 20.7. The molecule has 1 spiro atoms. The van der Waals surface area contributed by atoms with Crippen molar-refractivity contribution in [2.75, 3.05) is 11.5 Å². The van der Waals surface area contributed by atoms with E-state index in [1.54, 1.807) is 12.1 Å². The Morgan fingerprint density at radius 1 is 1.17 bits per heavy atom. The summed E-state index contributed by atoms with van der Waals surface area (Å²) >= 11 is 4.30. The minimum absolute atomic E-state index is 0.0261. The summed E-state index contributed by atoms with van der Waals surface area (Å²) in [7, 11) is 0. The lowest BCUT2D eigenvalue weighted by molar-refractivity contribution is -0.141. The number of esters is 1. The predicted molar refractivity (Wildman–Crippen MR) is 123 cm³/mol. The van der Waals surface area contributed by atoms with Gasteiger partial charge in [-0.25, -0.2) is 4.79 Å². The second-order valence-electron chi connectivity index (χ2n) is 8.83. The molecule has 0 radical (unpaired) electrons. The number of hydrogen-bond acceptors (Lipinski definition) is 6. The lowest BCUT2D eigenvalue weighted by Crippen LogP contribution is -2.48. The van der Waals surface area contributed by atoms with E-state index in [-0.39, 0.29) is 17.5 Å². The van der Waals surface area contributed by atoms with Crippen molar-refractivity contribution in [2.24, 2.45) is 17.8 Å². The van der Waals surface area contributed by atoms with Gasteiger partial charge in [-0.15, -0.1) is 23.5 Å². The van der Waals surface area contributed by atoms with Gasteiger partial charge in [0.2, 0.25) is 0 Å². The molecule has 2 saturated carbocycles. The van der Waals surface area contributed by atoms with Gasteiger partial charge in [0.05, 0.1) is 10.00 Å². The second-order valence-corrected chi connectivity index (χ2v) is 11.8. The number of fused-ring (bicyclic) bond motifs is 1. The topological polar surface area (TPSA) is 56.5 Å². The molecule has 2 atom stereocenters. The zero-order valence-corrected chi connectivity index (χ0v) is 19.0. The van der Waals surface area contributed by atoms with E-state index >= 15 is 0 Å². The van der Waals surface area contributed by atoms with Gasteiger partial charge in [-0.2, -0.15) is 0 Å². The van der Waals surface area contributed by atoms with Crippen LogP contribution in [0.1, 0.15) is 51.0 Å². The number of carbonyl (C=O) groups is 1. The van der Waals surface area contributed by atoms with Gasteiger partial charge < -0.3 is 9.15 Å². The molecule has 2 aromatic rings. The number of aryl methyl sites for hydroxylation is 1. The van der Waals surface area contributed by atoms with Crippen molar-refractivity contribution >= 4 is 40.5 Å². The van der Waals surface area contributed by atoms with Crippen LogP contribution in [0.3, 0.4) is 0 Å². The van der Waals surface area contributed by atoms with Gasteiger partial charge in [0.15, 0.2) is 0 Å². The number of benzene rings is 1. The molecule has 6 heteroatoms. The third-order valence-corrected chi connectivity index (χ3v) is 11.0. The van der Waals surface area contributed by atoms with E-state index in [0.29, 0.717) is 27.2 Å². The van der Waals surface area contributed by atoms with Gasteiger partial charge in [0.25, 0.3) is 0 Å². The number of rotatable bonds is 4. The van der Waals surface area contributed by atoms with E-state index in [1.165, 1.54) is 30.8 Å². The number of carbonyl (C=O) groups excluding carboxylic acids is 1. The quantitative estimate of drug-likeness (QED) is 0.345. The van der Waals surface area contributed by atoms with Crippen molar-refractivity contribution in [3.05, 3.63) is 40.2 Å². The van der Waals surface area contributed by atoms with Crippen molar-refractivity contribution in [1.82, 2.24) is 0 Å². The molecule has 160 valence electrons. The van der Waals surface area contributed by atoms with Crippen molar-refractivity contribution in [1.29, 1.82) is 0 Å². The maximum atomic E-state index is 13.0. The Morgan fingerprint density at radius 3 is 2.60 bits per heavy atom. The highest BCUT2D eigenvalue weighted by Gasteiger charge is 2.55. The first-order valence-electron chi connectivity index (χ1n) is 11.2. The van der Waals surface area contributed by atoms with E-state index in [4.69, 9.17) is 9.15 Å². The van der Waals surface area contributed by atoms with Crippen LogP contribution in [-0.2, 0) is 11.2 Å².